The van der Waals surface area contributed by atoms with Crippen LogP contribution < -0.4 is 0 Å². The molecule has 0 unspecified atom stereocenters. The average molecular weight is 614 g/mol. The van der Waals surface area contributed by atoms with Crippen molar-refractivity contribution >= 4 is 87.5 Å². The maximum atomic E-state index is 9.61. The molecule has 11 aromatic rings. The lowest BCUT2D eigenvalue weighted by Gasteiger charge is -2.09. The van der Waals surface area contributed by atoms with Crippen LogP contribution in [0.25, 0.3) is 98.9 Å². The van der Waals surface area contributed by atoms with E-state index in [0.29, 0.717) is 5.56 Å². The Morgan fingerprint density at radius 2 is 1.00 bits per heavy atom. The van der Waals surface area contributed by atoms with Crippen molar-refractivity contribution in [3.8, 4) is 17.4 Å². The highest BCUT2D eigenvalue weighted by atomic mass is 16.3. The standard InChI is InChI=1S/C43H23N3O2/c44-24-25-13-18-38-33(21-25)29-8-2-4-10-36(29)45(38)26-14-19-40-34(22-26)35-23-27(15-20-41(35)47-40)46-37-11-5-1-7-28(37)31-16-17-32-30-9-3-6-12-39(30)48-43(32)42(31)46/h1-23H. The molecule has 4 heterocycles. The molecule has 5 nitrogen and oxygen atoms in total. The second-order valence-corrected chi connectivity index (χ2v) is 12.4. The van der Waals surface area contributed by atoms with E-state index in [2.05, 4.69) is 118 Å². The van der Waals surface area contributed by atoms with Crippen LogP contribution in [0.2, 0.25) is 0 Å². The van der Waals surface area contributed by atoms with Crippen LogP contribution in [0.1, 0.15) is 5.56 Å². The van der Waals surface area contributed by atoms with Gasteiger partial charge in [-0.1, -0.05) is 60.7 Å². The van der Waals surface area contributed by atoms with E-state index in [0.717, 1.165) is 93.5 Å². The van der Waals surface area contributed by atoms with E-state index in [1.165, 1.54) is 5.39 Å². The minimum Gasteiger partial charge on any atom is -0.456 e. The normalized spacial score (nSPS) is 12.1. The van der Waals surface area contributed by atoms with E-state index in [4.69, 9.17) is 8.83 Å². The predicted octanol–water partition coefficient (Wildman–Crippen LogP) is 11.6. The summed E-state index contributed by atoms with van der Waals surface area (Å²) in [7, 11) is 0. The van der Waals surface area contributed by atoms with Gasteiger partial charge in [0.05, 0.1) is 33.7 Å². The first-order valence-corrected chi connectivity index (χ1v) is 16.0. The van der Waals surface area contributed by atoms with Gasteiger partial charge in [0.1, 0.15) is 16.7 Å². The highest BCUT2D eigenvalue weighted by Crippen LogP contribution is 2.42. The Labute approximate surface area is 272 Å². The van der Waals surface area contributed by atoms with Gasteiger partial charge in [0.15, 0.2) is 5.58 Å². The molecule has 7 aromatic carbocycles. The molecule has 48 heavy (non-hydrogen) atoms. The van der Waals surface area contributed by atoms with Crippen LogP contribution in [-0.4, -0.2) is 9.13 Å². The third kappa shape index (κ3) is 3.28. The Morgan fingerprint density at radius 3 is 1.75 bits per heavy atom. The summed E-state index contributed by atoms with van der Waals surface area (Å²) < 4.78 is 17.6. The van der Waals surface area contributed by atoms with Crippen molar-refractivity contribution in [2.75, 3.05) is 0 Å². The molecule has 0 saturated carbocycles. The highest BCUT2D eigenvalue weighted by Gasteiger charge is 2.20. The molecule has 0 amide bonds. The van der Waals surface area contributed by atoms with Crippen molar-refractivity contribution < 1.29 is 8.83 Å². The second-order valence-electron chi connectivity index (χ2n) is 12.4. The van der Waals surface area contributed by atoms with E-state index < -0.39 is 0 Å². The summed E-state index contributed by atoms with van der Waals surface area (Å²) in [5.41, 5.74) is 10.5. The molecule has 0 fully saturated rings. The van der Waals surface area contributed by atoms with Gasteiger partial charge >= 0.3 is 0 Å². The molecule has 0 aliphatic heterocycles. The Morgan fingerprint density at radius 1 is 0.417 bits per heavy atom. The van der Waals surface area contributed by atoms with Gasteiger partial charge in [-0.3, -0.25) is 0 Å². The molecular formula is C43H23N3O2. The third-order valence-electron chi connectivity index (χ3n) is 9.93. The molecule has 0 radical (unpaired) electrons. The van der Waals surface area contributed by atoms with Crippen LogP contribution in [0.3, 0.4) is 0 Å². The first-order chi connectivity index (χ1) is 23.7. The monoisotopic (exact) mass is 613 g/mol. The lowest BCUT2D eigenvalue weighted by molar-refractivity contribution is 0.669. The van der Waals surface area contributed by atoms with E-state index >= 15 is 0 Å². The molecule has 11 rings (SSSR count). The first kappa shape index (κ1) is 25.4. The van der Waals surface area contributed by atoms with Crippen LogP contribution in [0.5, 0.6) is 0 Å². The van der Waals surface area contributed by atoms with Crippen LogP contribution in [0, 0.1) is 11.3 Å². The zero-order valence-electron chi connectivity index (χ0n) is 25.4. The summed E-state index contributed by atoms with van der Waals surface area (Å²) in [6, 6.07) is 50.6. The zero-order valence-corrected chi connectivity index (χ0v) is 25.4. The van der Waals surface area contributed by atoms with Gasteiger partial charge in [0.25, 0.3) is 0 Å². The van der Waals surface area contributed by atoms with Crippen molar-refractivity contribution in [3.63, 3.8) is 0 Å². The van der Waals surface area contributed by atoms with E-state index in [1.807, 2.05) is 36.4 Å². The number of para-hydroxylation sites is 3. The van der Waals surface area contributed by atoms with Crippen molar-refractivity contribution in [1.82, 2.24) is 9.13 Å². The lowest BCUT2D eigenvalue weighted by atomic mass is 10.1. The predicted molar refractivity (Wildman–Crippen MR) is 194 cm³/mol. The maximum Gasteiger partial charge on any atom is 0.160 e. The van der Waals surface area contributed by atoms with Crippen LogP contribution in [-0.2, 0) is 0 Å². The summed E-state index contributed by atoms with van der Waals surface area (Å²) in [5, 5.41) is 18.4. The van der Waals surface area contributed by atoms with Gasteiger partial charge in [0.2, 0.25) is 0 Å². The van der Waals surface area contributed by atoms with Gasteiger partial charge in [-0.25, -0.2) is 0 Å². The topological polar surface area (TPSA) is 59.9 Å². The summed E-state index contributed by atoms with van der Waals surface area (Å²) in [6.45, 7) is 0. The zero-order chi connectivity index (χ0) is 31.5. The Balaban J connectivity index is 1.19. The molecular weight excluding hydrogens is 590 g/mol. The van der Waals surface area contributed by atoms with Crippen LogP contribution >= 0.6 is 0 Å². The molecule has 5 heteroatoms. The average Bonchev–Trinajstić information content (AvgIpc) is 3.88. The van der Waals surface area contributed by atoms with Gasteiger partial charge in [-0.05, 0) is 78.9 Å². The number of rotatable bonds is 2. The lowest BCUT2D eigenvalue weighted by Crippen LogP contribution is -1.94. The molecule has 0 saturated heterocycles. The molecule has 0 aliphatic rings. The van der Waals surface area contributed by atoms with Crippen molar-refractivity contribution in [2.45, 2.75) is 0 Å². The maximum absolute atomic E-state index is 9.61. The summed E-state index contributed by atoms with van der Waals surface area (Å²) in [5.74, 6) is 0. The Hall–Kier alpha value is -6.77. The van der Waals surface area contributed by atoms with Crippen molar-refractivity contribution in [1.29, 1.82) is 5.26 Å². The molecule has 4 aromatic heterocycles. The molecule has 0 spiro atoms. The molecule has 222 valence electrons. The minimum absolute atomic E-state index is 0.652. The van der Waals surface area contributed by atoms with E-state index in [1.54, 1.807) is 0 Å². The number of furan rings is 2. The summed E-state index contributed by atoms with van der Waals surface area (Å²) in [4.78, 5) is 0. The fraction of sp³-hybridized carbons (Fsp3) is 0. The second kappa shape index (κ2) is 9.16. The number of nitrogens with zero attached hydrogens (tertiary/aromatic N) is 3. The van der Waals surface area contributed by atoms with Gasteiger partial charge in [0, 0.05) is 54.5 Å². The Bertz CT molecular complexity index is 3200. The minimum atomic E-state index is 0.652. The first-order valence-electron chi connectivity index (χ1n) is 16.0. The quantitative estimate of drug-likeness (QED) is 0.195. The molecule has 0 aliphatic carbocycles. The number of hydrogen-bond donors (Lipinski definition) is 0. The molecule has 0 N–H and O–H groups in total. The largest absolute Gasteiger partial charge is 0.456 e. The number of hydrogen-bond acceptors (Lipinski definition) is 3. The third-order valence-corrected chi connectivity index (χ3v) is 9.93. The van der Waals surface area contributed by atoms with Crippen LogP contribution in [0.15, 0.2) is 148 Å². The highest BCUT2D eigenvalue weighted by molar-refractivity contribution is 6.21. The number of nitriles is 1. The van der Waals surface area contributed by atoms with Crippen molar-refractivity contribution in [3.05, 3.63) is 145 Å². The van der Waals surface area contributed by atoms with Gasteiger partial charge in [-0.15, -0.1) is 0 Å². The molecule has 0 bridgehead atoms. The van der Waals surface area contributed by atoms with Crippen LogP contribution in [0.4, 0.5) is 0 Å². The van der Waals surface area contributed by atoms with Gasteiger partial charge < -0.3 is 18.0 Å². The fourth-order valence-corrected chi connectivity index (χ4v) is 7.85. The SMILES string of the molecule is N#Cc1ccc2c(c1)c1ccccc1n2-c1ccc2oc3ccc(-n4c5ccccc5c5ccc6c7ccccc7oc6c54)cc3c2c1. The van der Waals surface area contributed by atoms with E-state index in [-0.39, 0.29) is 0 Å². The number of benzene rings is 7. The fourth-order valence-electron chi connectivity index (χ4n) is 7.85. The Kier molecular flexibility index (Phi) is 4.85. The smallest absolute Gasteiger partial charge is 0.160 e. The molecule has 0 atom stereocenters. The summed E-state index contributed by atoms with van der Waals surface area (Å²) >= 11 is 0. The van der Waals surface area contributed by atoms with Crippen molar-refractivity contribution in [2.24, 2.45) is 0 Å². The van der Waals surface area contributed by atoms with Gasteiger partial charge in [-0.2, -0.15) is 5.26 Å². The number of aromatic nitrogens is 2. The van der Waals surface area contributed by atoms with E-state index in [9.17, 15) is 5.26 Å². The number of fused-ring (bicyclic) bond motifs is 13. The summed E-state index contributed by atoms with van der Waals surface area (Å²) in [6.07, 6.45) is 0.